The number of aliphatic carboxylic acids is 1. The van der Waals surface area contributed by atoms with Crippen molar-refractivity contribution in [1.29, 1.82) is 0 Å². The largest absolute Gasteiger partial charge is 0.480 e. The van der Waals surface area contributed by atoms with E-state index in [1.54, 1.807) is 4.90 Å². The molecule has 21 heavy (non-hydrogen) atoms. The van der Waals surface area contributed by atoms with Gasteiger partial charge in [0.25, 0.3) is 5.91 Å². The SMILES string of the molecule is O=C(O)COC1CCN(C(=O)c2ccc([N+](=O)[O-])s2)CC1. The summed E-state index contributed by atoms with van der Waals surface area (Å²) in [5, 5.41) is 19.1. The lowest BCUT2D eigenvalue weighted by atomic mass is 10.1. The molecule has 1 saturated heterocycles. The number of carboxylic acids is 1. The number of carbonyl (C=O) groups excluding carboxylic acids is 1. The maximum Gasteiger partial charge on any atom is 0.329 e. The molecule has 1 N–H and O–H groups in total. The standard InChI is InChI=1S/C12H14N2O6S/c15-11(16)7-20-8-3-5-13(6-4-8)12(17)9-1-2-10(21-9)14(18)19/h1-2,8H,3-7H2,(H,15,16). The van der Waals surface area contributed by atoms with Gasteiger partial charge < -0.3 is 14.7 Å². The summed E-state index contributed by atoms with van der Waals surface area (Å²) in [6.07, 6.45) is 0.960. The molecule has 0 aliphatic carbocycles. The fourth-order valence-corrected chi connectivity index (χ4v) is 2.90. The Kier molecular flexibility index (Phi) is 4.86. The van der Waals surface area contributed by atoms with Gasteiger partial charge in [-0.2, -0.15) is 0 Å². The van der Waals surface area contributed by atoms with Crippen LogP contribution in [0.3, 0.4) is 0 Å². The molecule has 114 valence electrons. The summed E-state index contributed by atoms with van der Waals surface area (Å²) in [5.74, 6) is -1.25. The van der Waals surface area contributed by atoms with Gasteiger partial charge in [-0.3, -0.25) is 14.9 Å². The van der Waals surface area contributed by atoms with Crippen molar-refractivity contribution in [3.05, 3.63) is 27.1 Å². The van der Waals surface area contributed by atoms with Crippen LogP contribution in [0.25, 0.3) is 0 Å². The average Bonchev–Trinajstić information content (AvgIpc) is 2.95. The summed E-state index contributed by atoms with van der Waals surface area (Å²) in [5.41, 5.74) is 0. The second-order valence-electron chi connectivity index (χ2n) is 4.59. The second kappa shape index (κ2) is 6.64. The third kappa shape index (κ3) is 3.99. The van der Waals surface area contributed by atoms with Gasteiger partial charge in [-0.1, -0.05) is 11.3 Å². The first-order valence-electron chi connectivity index (χ1n) is 6.34. The third-order valence-corrected chi connectivity index (χ3v) is 4.18. The Labute approximate surface area is 124 Å². The number of carbonyl (C=O) groups is 2. The van der Waals surface area contributed by atoms with Gasteiger partial charge in [-0.15, -0.1) is 0 Å². The molecule has 0 radical (unpaired) electrons. The Morgan fingerprint density at radius 1 is 1.43 bits per heavy atom. The number of nitrogens with zero attached hydrogens (tertiary/aromatic N) is 2. The molecule has 8 nitrogen and oxygen atoms in total. The number of nitro groups is 1. The minimum absolute atomic E-state index is 0.0574. The lowest BCUT2D eigenvalue weighted by molar-refractivity contribution is -0.380. The highest BCUT2D eigenvalue weighted by molar-refractivity contribution is 7.17. The Balaban J connectivity index is 1.87. The minimum Gasteiger partial charge on any atom is -0.480 e. The summed E-state index contributed by atoms with van der Waals surface area (Å²) in [6, 6.07) is 2.78. The van der Waals surface area contributed by atoms with Crippen molar-refractivity contribution in [3.63, 3.8) is 0 Å². The van der Waals surface area contributed by atoms with Crippen molar-refractivity contribution in [2.45, 2.75) is 18.9 Å². The van der Waals surface area contributed by atoms with Crippen LogP contribution >= 0.6 is 11.3 Å². The number of hydrogen-bond acceptors (Lipinski definition) is 6. The Bertz CT molecular complexity index is 550. The van der Waals surface area contributed by atoms with Crippen molar-refractivity contribution >= 4 is 28.2 Å². The van der Waals surface area contributed by atoms with Gasteiger partial charge in [0, 0.05) is 19.2 Å². The minimum atomic E-state index is -1.01. The number of piperidine rings is 1. The normalized spacial score (nSPS) is 15.9. The number of thiophene rings is 1. The van der Waals surface area contributed by atoms with Gasteiger partial charge in [-0.05, 0) is 18.9 Å². The van der Waals surface area contributed by atoms with Gasteiger partial charge in [0.15, 0.2) is 0 Å². The maximum atomic E-state index is 12.2. The number of amides is 1. The van der Waals surface area contributed by atoms with Gasteiger partial charge in [0.2, 0.25) is 0 Å². The fourth-order valence-electron chi connectivity index (χ4n) is 2.11. The monoisotopic (exact) mass is 314 g/mol. The zero-order chi connectivity index (χ0) is 15.4. The Morgan fingerprint density at radius 3 is 2.62 bits per heavy atom. The number of ether oxygens (including phenoxy) is 1. The number of carboxylic acid groups (broad SMARTS) is 1. The number of likely N-dealkylation sites (tertiary alicyclic amines) is 1. The van der Waals surface area contributed by atoms with Crippen molar-refractivity contribution in [1.82, 2.24) is 4.90 Å². The van der Waals surface area contributed by atoms with Gasteiger partial charge in [-0.25, -0.2) is 4.79 Å². The molecule has 1 fully saturated rings. The van der Waals surface area contributed by atoms with Crippen LogP contribution in [0.15, 0.2) is 12.1 Å². The summed E-state index contributed by atoms with van der Waals surface area (Å²) in [6.45, 7) is 0.569. The molecule has 0 aromatic carbocycles. The number of rotatable bonds is 5. The molecule has 0 saturated carbocycles. The van der Waals surface area contributed by atoms with Crippen molar-refractivity contribution in [2.24, 2.45) is 0 Å². The van der Waals surface area contributed by atoms with Crippen LogP contribution in [0.4, 0.5) is 5.00 Å². The second-order valence-corrected chi connectivity index (χ2v) is 5.65. The maximum absolute atomic E-state index is 12.2. The molecular weight excluding hydrogens is 300 g/mol. The number of hydrogen-bond donors (Lipinski definition) is 1. The highest BCUT2D eigenvalue weighted by Crippen LogP contribution is 2.26. The summed E-state index contributed by atoms with van der Waals surface area (Å²) in [4.78, 5) is 34.6. The van der Waals surface area contributed by atoms with Crippen LogP contribution in [-0.4, -0.2) is 52.6 Å². The summed E-state index contributed by atoms with van der Waals surface area (Å²) < 4.78 is 5.19. The lowest BCUT2D eigenvalue weighted by Crippen LogP contribution is -2.41. The predicted molar refractivity (Wildman–Crippen MR) is 73.5 cm³/mol. The molecule has 9 heteroatoms. The first-order valence-corrected chi connectivity index (χ1v) is 7.16. The highest BCUT2D eigenvalue weighted by atomic mass is 32.1. The van der Waals surface area contributed by atoms with Gasteiger partial charge in [0.05, 0.1) is 15.9 Å². The molecule has 2 heterocycles. The molecule has 1 aliphatic rings. The van der Waals surface area contributed by atoms with Crippen molar-refractivity contribution in [3.8, 4) is 0 Å². The predicted octanol–water partition coefficient (Wildman–Crippen LogP) is 1.36. The third-order valence-electron chi connectivity index (χ3n) is 3.15. The first-order chi connectivity index (χ1) is 9.97. The van der Waals surface area contributed by atoms with E-state index in [1.165, 1.54) is 12.1 Å². The van der Waals surface area contributed by atoms with E-state index in [-0.39, 0.29) is 23.6 Å². The molecule has 1 aromatic heterocycles. The van der Waals surface area contributed by atoms with E-state index >= 15 is 0 Å². The average molecular weight is 314 g/mol. The van der Waals surface area contributed by atoms with E-state index in [4.69, 9.17) is 9.84 Å². The molecule has 1 aromatic rings. The molecular formula is C12H14N2O6S. The molecule has 0 bridgehead atoms. The van der Waals surface area contributed by atoms with E-state index in [0.29, 0.717) is 30.8 Å². The van der Waals surface area contributed by atoms with Gasteiger partial charge >= 0.3 is 11.0 Å². The molecule has 0 unspecified atom stereocenters. The molecule has 1 amide bonds. The van der Waals surface area contributed by atoms with E-state index in [9.17, 15) is 19.7 Å². The fraction of sp³-hybridized carbons (Fsp3) is 0.500. The zero-order valence-electron chi connectivity index (χ0n) is 11.1. The lowest BCUT2D eigenvalue weighted by Gasteiger charge is -2.31. The van der Waals surface area contributed by atoms with Crippen LogP contribution in [0, 0.1) is 10.1 Å². The summed E-state index contributed by atoms with van der Waals surface area (Å²) in [7, 11) is 0. The first kappa shape index (κ1) is 15.4. The molecule has 2 rings (SSSR count). The van der Waals surface area contributed by atoms with Gasteiger partial charge in [0.1, 0.15) is 6.61 Å². The van der Waals surface area contributed by atoms with E-state index in [2.05, 4.69) is 0 Å². The van der Waals surface area contributed by atoms with Crippen LogP contribution < -0.4 is 0 Å². The topological polar surface area (TPSA) is 110 Å². The Morgan fingerprint density at radius 2 is 2.10 bits per heavy atom. The van der Waals surface area contributed by atoms with E-state index in [1.807, 2.05) is 0 Å². The highest BCUT2D eigenvalue weighted by Gasteiger charge is 2.26. The van der Waals surface area contributed by atoms with Crippen molar-refractivity contribution in [2.75, 3.05) is 19.7 Å². The van der Waals surface area contributed by atoms with Crippen LogP contribution in [0.2, 0.25) is 0 Å². The van der Waals surface area contributed by atoms with E-state index in [0.717, 1.165) is 11.3 Å². The smallest absolute Gasteiger partial charge is 0.329 e. The molecule has 0 atom stereocenters. The molecule has 1 aliphatic heterocycles. The quantitative estimate of drug-likeness (QED) is 0.649. The van der Waals surface area contributed by atoms with Crippen LogP contribution in [-0.2, 0) is 9.53 Å². The zero-order valence-corrected chi connectivity index (χ0v) is 11.9. The van der Waals surface area contributed by atoms with Crippen LogP contribution in [0.5, 0.6) is 0 Å². The molecule has 0 spiro atoms. The van der Waals surface area contributed by atoms with E-state index < -0.39 is 10.9 Å². The van der Waals surface area contributed by atoms with Crippen molar-refractivity contribution < 1.29 is 24.4 Å². The summed E-state index contributed by atoms with van der Waals surface area (Å²) >= 11 is 0.858. The Hall–Kier alpha value is -2.00. The van der Waals surface area contributed by atoms with Crippen LogP contribution in [0.1, 0.15) is 22.5 Å².